The van der Waals surface area contributed by atoms with Crippen LogP contribution in [0.3, 0.4) is 0 Å². The van der Waals surface area contributed by atoms with Crippen molar-refractivity contribution in [2.45, 2.75) is 51.2 Å². The van der Waals surface area contributed by atoms with Gasteiger partial charge in [0, 0.05) is 31.2 Å². The molecule has 0 spiro atoms. The van der Waals surface area contributed by atoms with Crippen LogP contribution in [0.5, 0.6) is 0 Å². The number of hydrogen-bond acceptors (Lipinski definition) is 2. The first-order valence-electron chi connectivity index (χ1n) is 6.02. The summed E-state index contributed by atoms with van der Waals surface area (Å²) in [5.74, 6) is 2.71. The third-order valence-corrected chi connectivity index (χ3v) is 3.12. The van der Waals surface area contributed by atoms with Gasteiger partial charge >= 0.3 is 0 Å². The first-order chi connectivity index (χ1) is 7.85. The second-order valence-corrected chi connectivity index (χ2v) is 4.42. The summed E-state index contributed by atoms with van der Waals surface area (Å²) in [6, 6.07) is 1.12. The fraction of sp³-hybridized carbons (Fsp3) is 0.615. The van der Waals surface area contributed by atoms with Crippen LogP contribution in [0.25, 0.3) is 0 Å². The molecule has 1 aromatic heterocycles. The van der Waals surface area contributed by atoms with Gasteiger partial charge < -0.3 is 9.88 Å². The molecule has 1 aliphatic rings. The molecule has 0 amide bonds. The van der Waals surface area contributed by atoms with Crippen molar-refractivity contribution < 1.29 is 0 Å². The summed E-state index contributed by atoms with van der Waals surface area (Å²) in [7, 11) is 0. The summed E-state index contributed by atoms with van der Waals surface area (Å²) in [4.78, 5) is 4.22. The lowest BCUT2D eigenvalue weighted by atomic mass is 10.1. The molecule has 1 heterocycles. The molecule has 1 aliphatic carbocycles. The van der Waals surface area contributed by atoms with E-state index < -0.39 is 0 Å². The van der Waals surface area contributed by atoms with Crippen molar-refractivity contribution in [1.82, 2.24) is 14.9 Å². The predicted octanol–water partition coefficient (Wildman–Crippen LogP) is 2.11. The summed E-state index contributed by atoms with van der Waals surface area (Å²) in [5.41, 5.74) is 1.28. The molecule has 1 unspecified atom stereocenters. The van der Waals surface area contributed by atoms with E-state index in [1.165, 1.54) is 18.5 Å². The molecule has 1 fully saturated rings. The van der Waals surface area contributed by atoms with Crippen molar-refractivity contribution in [3.8, 4) is 12.3 Å². The van der Waals surface area contributed by atoms with E-state index in [2.05, 4.69) is 27.7 Å². The Morgan fingerprint density at radius 1 is 1.69 bits per heavy atom. The van der Waals surface area contributed by atoms with Crippen molar-refractivity contribution in [1.29, 1.82) is 0 Å². The summed E-state index contributed by atoms with van der Waals surface area (Å²) < 4.78 is 2.29. The predicted molar refractivity (Wildman–Crippen MR) is 64.9 cm³/mol. The molecule has 1 saturated carbocycles. The molecular formula is C13H19N3. The molecule has 0 aromatic carbocycles. The Balaban J connectivity index is 1.88. The van der Waals surface area contributed by atoms with E-state index in [1.807, 2.05) is 12.5 Å². The second-order valence-electron chi connectivity index (χ2n) is 4.42. The zero-order valence-electron chi connectivity index (χ0n) is 9.82. The van der Waals surface area contributed by atoms with Crippen molar-refractivity contribution in [3.63, 3.8) is 0 Å². The highest BCUT2D eigenvalue weighted by molar-refractivity contribution is 5.03. The summed E-state index contributed by atoms with van der Waals surface area (Å²) in [6.07, 6.45) is 13.7. The maximum atomic E-state index is 5.33. The largest absolute Gasteiger partial charge is 0.330 e. The Hall–Kier alpha value is -1.27. The summed E-state index contributed by atoms with van der Waals surface area (Å²) in [6.45, 7) is 3.03. The Bertz CT molecular complexity index is 371. The van der Waals surface area contributed by atoms with Crippen LogP contribution in [0.2, 0.25) is 0 Å². The zero-order chi connectivity index (χ0) is 11.4. The standard InChI is InChI=1S/C13H19N3/c1-3-5-11(4-2)15-9-13-8-14-10-16(13)12-6-7-12/h1,8,10-12,15H,4-7,9H2,2H3. The van der Waals surface area contributed by atoms with Gasteiger partial charge in [0.2, 0.25) is 0 Å². The van der Waals surface area contributed by atoms with E-state index in [0.29, 0.717) is 12.1 Å². The fourth-order valence-corrected chi connectivity index (χ4v) is 1.90. The average molecular weight is 217 g/mol. The molecule has 3 nitrogen and oxygen atoms in total. The SMILES string of the molecule is C#CCC(CC)NCc1cncn1C1CC1. The molecule has 1 N–H and O–H groups in total. The molecule has 1 aromatic rings. The number of aromatic nitrogens is 2. The molecule has 0 bridgehead atoms. The Labute approximate surface area is 97.3 Å². The van der Waals surface area contributed by atoms with Crippen LogP contribution in [0.15, 0.2) is 12.5 Å². The molecule has 0 aliphatic heterocycles. The van der Waals surface area contributed by atoms with E-state index in [-0.39, 0.29) is 0 Å². The minimum atomic E-state index is 0.424. The van der Waals surface area contributed by atoms with Crippen LogP contribution in [-0.2, 0) is 6.54 Å². The first-order valence-corrected chi connectivity index (χ1v) is 6.02. The second kappa shape index (κ2) is 5.18. The van der Waals surface area contributed by atoms with E-state index >= 15 is 0 Å². The van der Waals surface area contributed by atoms with Gasteiger partial charge in [-0.25, -0.2) is 4.98 Å². The van der Waals surface area contributed by atoms with E-state index in [4.69, 9.17) is 6.42 Å². The summed E-state index contributed by atoms with van der Waals surface area (Å²) in [5, 5.41) is 3.49. The monoisotopic (exact) mass is 217 g/mol. The maximum Gasteiger partial charge on any atom is 0.0951 e. The van der Waals surface area contributed by atoms with Gasteiger partial charge in [0.15, 0.2) is 0 Å². The molecule has 0 radical (unpaired) electrons. The van der Waals surface area contributed by atoms with Crippen molar-refractivity contribution in [2.75, 3.05) is 0 Å². The van der Waals surface area contributed by atoms with Gasteiger partial charge in [-0.1, -0.05) is 6.92 Å². The van der Waals surface area contributed by atoms with Gasteiger partial charge in [-0.15, -0.1) is 12.3 Å². The molecule has 16 heavy (non-hydrogen) atoms. The minimum absolute atomic E-state index is 0.424. The van der Waals surface area contributed by atoms with Crippen LogP contribution in [0, 0.1) is 12.3 Å². The lowest BCUT2D eigenvalue weighted by Gasteiger charge is -2.14. The van der Waals surface area contributed by atoms with Gasteiger partial charge in [0.25, 0.3) is 0 Å². The van der Waals surface area contributed by atoms with Crippen LogP contribution in [0.4, 0.5) is 0 Å². The van der Waals surface area contributed by atoms with Gasteiger partial charge in [-0.05, 0) is 19.3 Å². The number of nitrogens with zero attached hydrogens (tertiary/aromatic N) is 2. The zero-order valence-corrected chi connectivity index (χ0v) is 9.82. The first kappa shape index (κ1) is 11.2. The maximum absolute atomic E-state index is 5.33. The number of imidazole rings is 1. The highest BCUT2D eigenvalue weighted by Gasteiger charge is 2.25. The number of nitrogens with one attached hydrogen (secondary N) is 1. The summed E-state index contributed by atoms with van der Waals surface area (Å²) >= 11 is 0. The van der Waals surface area contributed by atoms with Crippen molar-refractivity contribution in [2.24, 2.45) is 0 Å². The van der Waals surface area contributed by atoms with Gasteiger partial charge in [0.1, 0.15) is 0 Å². The van der Waals surface area contributed by atoms with Crippen LogP contribution >= 0.6 is 0 Å². The van der Waals surface area contributed by atoms with E-state index in [9.17, 15) is 0 Å². The molecular weight excluding hydrogens is 198 g/mol. The average Bonchev–Trinajstić information content (AvgIpc) is 3.04. The molecule has 3 heteroatoms. The Kier molecular flexibility index (Phi) is 3.63. The minimum Gasteiger partial charge on any atom is -0.330 e. The molecule has 86 valence electrons. The fourth-order valence-electron chi connectivity index (χ4n) is 1.90. The van der Waals surface area contributed by atoms with Gasteiger partial charge in [-0.3, -0.25) is 0 Å². The highest BCUT2D eigenvalue weighted by Crippen LogP contribution is 2.35. The number of hydrogen-bond donors (Lipinski definition) is 1. The van der Waals surface area contributed by atoms with Crippen LogP contribution in [-0.4, -0.2) is 15.6 Å². The molecule has 0 saturated heterocycles. The van der Waals surface area contributed by atoms with Gasteiger partial charge in [-0.2, -0.15) is 0 Å². The normalized spacial score (nSPS) is 17.0. The Morgan fingerprint density at radius 2 is 2.50 bits per heavy atom. The van der Waals surface area contributed by atoms with Crippen molar-refractivity contribution in [3.05, 3.63) is 18.2 Å². The number of rotatable bonds is 6. The van der Waals surface area contributed by atoms with Crippen molar-refractivity contribution >= 4 is 0 Å². The third-order valence-electron chi connectivity index (χ3n) is 3.12. The van der Waals surface area contributed by atoms with Crippen LogP contribution < -0.4 is 5.32 Å². The van der Waals surface area contributed by atoms with Gasteiger partial charge in [0.05, 0.1) is 12.0 Å². The third kappa shape index (κ3) is 2.65. The van der Waals surface area contributed by atoms with E-state index in [0.717, 1.165) is 19.4 Å². The Morgan fingerprint density at radius 3 is 3.12 bits per heavy atom. The van der Waals surface area contributed by atoms with E-state index in [1.54, 1.807) is 0 Å². The molecule has 2 rings (SSSR count). The lowest BCUT2D eigenvalue weighted by Crippen LogP contribution is -2.28. The highest BCUT2D eigenvalue weighted by atomic mass is 15.1. The number of terminal acetylenes is 1. The molecule has 1 atom stereocenters. The lowest BCUT2D eigenvalue weighted by molar-refractivity contribution is 0.492. The topological polar surface area (TPSA) is 29.9 Å². The quantitative estimate of drug-likeness (QED) is 0.740. The smallest absolute Gasteiger partial charge is 0.0951 e. The van der Waals surface area contributed by atoms with Crippen LogP contribution in [0.1, 0.15) is 44.3 Å².